The van der Waals surface area contributed by atoms with Crippen molar-refractivity contribution in [2.75, 3.05) is 25.5 Å². The number of hydrogen-bond acceptors (Lipinski definition) is 4. The zero-order valence-corrected chi connectivity index (χ0v) is 16.1. The van der Waals surface area contributed by atoms with E-state index >= 15 is 0 Å². The summed E-state index contributed by atoms with van der Waals surface area (Å²) in [6.07, 6.45) is 5.80. The summed E-state index contributed by atoms with van der Waals surface area (Å²) in [5.74, 6) is 0.0137. The first-order valence-corrected chi connectivity index (χ1v) is 9.29. The highest BCUT2D eigenvalue weighted by atomic mass is 16.2. The highest BCUT2D eigenvalue weighted by Gasteiger charge is 2.35. The number of amides is 3. The van der Waals surface area contributed by atoms with Gasteiger partial charge in [-0.15, -0.1) is 10.2 Å². The summed E-state index contributed by atoms with van der Waals surface area (Å²) >= 11 is 0. The Labute approximate surface area is 159 Å². The molecule has 0 spiro atoms. The third-order valence-electron chi connectivity index (χ3n) is 4.99. The van der Waals surface area contributed by atoms with Crippen LogP contribution in [-0.4, -0.2) is 62.7 Å². The zero-order valence-electron chi connectivity index (χ0n) is 16.1. The second kappa shape index (κ2) is 8.20. The average molecular weight is 370 g/mol. The van der Waals surface area contributed by atoms with Crippen LogP contribution in [0.4, 0.5) is 10.5 Å². The topological polar surface area (TPSA) is 83.4 Å². The molecule has 0 aliphatic carbocycles. The zero-order chi connectivity index (χ0) is 19.4. The van der Waals surface area contributed by atoms with Crippen molar-refractivity contribution in [3.8, 4) is 5.69 Å². The van der Waals surface area contributed by atoms with E-state index in [-0.39, 0.29) is 11.9 Å². The van der Waals surface area contributed by atoms with E-state index in [2.05, 4.69) is 22.4 Å². The molecular weight excluding hydrogens is 344 g/mol. The van der Waals surface area contributed by atoms with Gasteiger partial charge in [0.25, 0.3) is 0 Å². The predicted molar refractivity (Wildman–Crippen MR) is 103 cm³/mol. The van der Waals surface area contributed by atoms with Crippen LogP contribution in [-0.2, 0) is 4.79 Å². The normalized spacial score (nSPS) is 17.3. The molecule has 1 fully saturated rings. The maximum atomic E-state index is 13.0. The van der Waals surface area contributed by atoms with Crippen molar-refractivity contribution in [3.05, 3.63) is 36.4 Å². The lowest BCUT2D eigenvalue weighted by atomic mass is 10.0. The van der Waals surface area contributed by atoms with Crippen LogP contribution in [0.25, 0.3) is 5.69 Å². The third kappa shape index (κ3) is 4.10. The Hall–Kier alpha value is -2.90. The number of unbranched alkanes of at least 4 members (excludes halogenated alkanes) is 1. The molecule has 3 amide bonds. The Balaban J connectivity index is 1.79. The summed E-state index contributed by atoms with van der Waals surface area (Å²) in [4.78, 5) is 28.9. The van der Waals surface area contributed by atoms with Crippen LogP contribution in [0, 0.1) is 6.92 Å². The molecule has 1 aliphatic rings. The van der Waals surface area contributed by atoms with Crippen LogP contribution in [0.3, 0.4) is 0 Å². The van der Waals surface area contributed by atoms with Crippen LogP contribution in [0.1, 0.15) is 31.7 Å². The third-order valence-corrected chi connectivity index (χ3v) is 4.99. The number of aryl methyl sites for hydroxylation is 1. The molecule has 0 saturated carbocycles. The summed E-state index contributed by atoms with van der Waals surface area (Å²) in [5, 5.41) is 10.6. The van der Waals surface area contributed by atoms with Gasteiger partial charge in [-0.05, 0) is 31.0 Å². The number of piperazine rings is 1. The van der Waals surface area contributed by atoms with Gasteiger partial charge < -0.3 is 15.1 Å². The molecule has 27 heavy (non-hydrogen) atoms. The molecule has 2 aromatic rings. The van der Waals surface area contributed by atoms with Gasteiger partial charge in [0.2, 0.25) is 5.91 Å². The number of anilines is 1. The number of carbonyl (C=O) groups excluding carboxylic acids is 2. The fraction of sp³-hybridized carbons (Fsp3) is 0.474. The molecule has 1 aromatic carbocycles. The van der Waals surface area contributed by atoms with Gasteiger partial charge in [0.15, 0.2) is 0 Å². The lowest BCUT2D eigenvalue weighted by molar-refractivity contribution is -0.138. The minimum absolute atomic E-state index is 0.0137. The van der Waals surface area contributed by atoms with Gasteiger partial charge in [0, 0.05) is 25.8 Å². The van der Waals surface area contributed by atoms with E-state index in [1.54, 1.807) is 34.1 Å². The molecule has 1 aromatic heterocycles. The van der Waals surface area contributed by atoms with Crippen LogP contribution >= 0.6 is 0 Å². The number of hydrogen-bond donors (Lipinski definition) is 1. The maximum absolute atomic E-state index is 13.0. The number of carbonyl (C=O) groups is 2. The summed E-state index contributed by atoms with van der Waals surface area (Å²) in [7, 11) is 1.79. The molecular formula is C19H26N6O2. The maximum Gasteiger partial charge on any atom is 0.322 e. The molecule has 0 radical (unpaired) electrons. The minimum atomic E-state index is -0.398. The molecule has 1 unspecified atom stereocenters. The van der Waals surface area contributed by atoms with Gasteiger partial charge in [-0.3, -0.25) is 9.36 Å². The lowest BCUT2D eigenvalue weighted by Gasteiger charge is -2.39. The SMILES string of the molecule is CCCCC1C(=O)N(C)CCN1C(=O)Nc1cc(-n2cnnc2)ccc1C. The second-order valence-electron chi connectivity index (χ2n) is 6.91. The Morgan fingerprint density at radius 1 is 1.26 bits per heavy atom. The number of urea groups is 1. The highest BCUT2D eigenvalue weighted by molar-refractivity contribution is 5.95. The molecule has 1 saturated heterocycles. The van der Waals surface area contributed by atoms with Crippen LogP contribution in [0.2, 0.25) is 0 Å². The van der Waals surface area contributed by atoms with Gasteiger partial charge in [-0.25, -0.2) is 4.79 Å². The van der Waals surface area contributed by atoms with E-state index in [0.29, 0.717) is 25.2 Å². The predicted octanol–water partition coefficient (Wildman–Crippen LogP) is 2.44. The fourth-order valence-corrected chi connectivity index (χ4v) is 3.26. The Morgan fingerprint density at radius 3 is 2.70 bits per heavy atom. The number of benzene rings is 1. The monoisotopic (exact) mass is 370 g/mol. The first-order chi connectivity index (χ1) is 13.0. The molecule has 3 rings (SSSR count). The molecule has 8 nitrogen and oxygen atoms in total. The van der Waals surface area contributed by atoms with Crippen molar-refractivity contribution in [1.29, 1.82) is 0 Å². The van der Waals surface area contributed by atoms with Crippen molar-refractivity contribution >= 4 is 17.6 Å². The van der Waals surface area contributed by atoms with E-state index < -0.39 is 6.04 Å². The largest absolute Gasteiger partial charge is 0.342 e. The first kappa shape index (κ1) is 18.9. The van der Waals surface area contributed by atoms with Gasteiger partial charge in [-0.2, -0.15) is 0 Å². The van der Waals surface area contributed by atoms with E-state index in [1.165, 1.54) is 0 Å². The molecule has 0 bridgehead atoms. The molecule has 1 aliphatic heterocycles. The van der Waals surface area contributed by atoms with Gasteiger partial charge in [0.1, 0.15) is 18.7 Å². The minimum Gasteiger partial charge on any atom is -0.342 e. The van der Waals surface area contributed by atoms with Crippen LogP contribution in [0.5, 0.6) is 0 Å². The standard InChI is InChI=1S/C19H26N6O2/c1-4-5-6-17-18(26)23(3)9-10-25(17)19(27)22-16-11-15(8-7-14(16)2)24-12-20-21-13-24/h7-8,11-13,17H,4-6,9-10H2,1-3H3,(H,22,27). The average Bonchev–Trinajstić information content (AvgIpc) is 3.19. The van der Waals surface area contributed by atoms with Crippen molar-refractivity contribution in [2.45, 2.75) is 39.2 Å². The number of rotatable bonds is 5. The smallest absolute Gasteiger partial charge is 0.322 e. The van der Waals surface area contributed by atoms with E-state index in [4.69, 9.17) is 0 Å². The summed E-state index contributed by atoms with van der Waals surface area (Å²) in [6.45, 7) is 5.11. The van der Waals surface area contributed by atoms with Gasteiger partial charge in [-0.1, -0.05) is 25.8 Å². The van der Waals surface area contributed by atoms with Crippen molar-refractivity contribution < 1.29 is 9.59 Å². The fourth-order valence-electron chi connectivity index (χ4n) is 3.26. The number of nitrogens with one attached hydrogen (secondary N) is 1. The molecule has 1 atom stereocenters. The lowest BCUT2D eigenvalue weighted by Crippen LogP contribution is -2.58. The Morgan fingerprint density at radius 2 is 2.00 bits per heavy atom. The molecule has 2 heterocycles. The first-order valence-electron chi connectivity index (χ1n) is 9.29. The summed E-state index contributed by atoms with van der Waals surface area (Å²) < 4.78 is 1.78. The number of aromatic nitrogens is 3. The Kier molecular flexibility index (Phi) is 5.73. The number of nitrogens with zero attached hydrogens (tertiary/aromatic N) is 5. The summed E-state index contributed by atoms with van der Waals surface area (Å²) in [5.41, 5.74) is 2.52. The van der Waals surface area contributed by atoms with E-state index in [0.717, 1.165) is 24.1 Å². The van der Waals surface area contributed by atoms with Crippen molar-refractivity contribution in [2.24, 2.45) is 0 Å². The molecule has 144 valence electrons. The quantitative estimate of drug-likeness (QED) is 0.876. The van der Waals surface area contributed by atoms with Gasteiger partial charge in [0.05, 0.1) is 5.69 Å². The van der Waals surface area contributed by atoms with Crippen molar-refractivity contribution in [1.82, 2.24) is 24.6 Å². The highest BCUT2D eigenvalue weighted by Crippen LogP contribution is 2.22. The van der Waals surface area contributed by atoms with Crippen LogP contribution in [0.15, 0.2) is 30.9 Å². The molecule has 8 heteroatoms. The summed E-state index contributed by atoms with van der Waals surface area (Å²) in [6, 6.07) is 5.13. The van der Waals surface area contributed by atoms with E-state index in [1.807, 2.05) is 25.1 Å². The van der Waals surface area contributed by atoms with Crippen LogP contribution < -0.4 is 5.32 Å². The van der Waals surface area contributed by atoms with Crippen molar-refractivity contribution in [3.63, 3.8) is 0 Å². The second-order valence-corrected chi connectivity index (χ2v) is 6.91. The van der Waals surface area contributed by atoms with E-state index in [9.17, 15) is 9.59 Å². The molecule has 1 N–H and O–H groups in total. The number of likely N-dealkylation sites (N-methyl/N-ethyl adjacent to an activating group) is 1. The van der Waals surface area contributed by atoms with Gasteiger partial charge >= 0.3 is 6.03 Å². The Bertz CT molecular complexity index is 805.